The van der Waals surface area contributed by atoms with Crippen molar-refractivity contribution in [3.63, 3.8) is 0 Å². The van der Waals surface area contributed by atoms with Gasteiger partial charge in [-0.3, -0.25) is 9.10 Å². The Morgan fingerprint density at radius 1 is 0.966 bits per heavy atom. The molecule has 0 bridgehead atoms. The van der Waals surface area contributed by atoms with Gasteiger partial charge < -0.3 is 5.32 Å². The normalized spacial score (nSPS) is 13.6. The molecule has 0 fully saturated rings. The molecule has 5 nitrogen and oxygen atoms in total. The molecule has 6 heteroatoms. The molecular weight excluding hydrogens is 384 g/mol. The Bertz CT molecular complexity index is 999. The second kappa shape index (κ2) is 8.99. The van der Waals surface area contributed by atoms with Crippen molar-refractivity contribution in [2.45, 2.75) is 60.0 Å². The fraction of sp³-hybridized carbons (Fsp3) is 0.435. The number of carbonyl (C=O) groups is 1. The maximum absolute atomic E-state index is 13.1. The Morgan fingerprint density at radius 3 is 2.00 bits per heavy atom. The van der Waals surface area contributed by atoms with E-state index in [2.05, 4.69) is 11.4 Å². The summed E-state index contributed by atoms with van der Waals surface area (Å²) in [7, 11) is -3.64. The average Bonchev–Trinajstić information content (AvgIpc) is 2.63. The molecular formula is C23H32N2O3S. The minimum Gasteiger partial charge on any atom is -0.348 e. The predicted molar refractivity (Wildman–Crippen MR) is 120 cm³/mol. The van der Waals surface area contributed by atoms with Crippen LogP contribution in [0.5, 0.6) is 0 Å². The van der Waals surface area contributed by atoms with Crippen LogP contribution < -0.4 is 9.62 Å². The molecule has 2 aromatic rings. The van der Waals surface area contributed by atoms with Gasteiger partial charge in [0.25, 0.3) is 0 Å². The van der Waals surface area contributed by atoms with Gasteiger partial charge in [0.15, 0.2) is 0 Å². The quantitative estimate of drug-likeness (QED) is 0.730. The number of sulfonamides is 1. The van der Waals surface area contributed by atoms with Gasteiger partial charge in [-0.05, 0) is 81.0 Å². The number of hydrogen-bond acceptors (Lipinski definition) is 3. The van der Waals surface area contributed by atoms with Crippen molar-refractivity contribution in [1.29, 1.82) is 0 Å². The first-order valence-electron chi connectivity index (χ1n) is 9.89. The molecule has 0 unspecified atom stereocenters. The molecule has 1 amide bonds. The molecule has 29 heavy (non-hydrogen) atoms. The lowest BCUT2D eigenvalue weighted by Gasteiger charge is -2.31. The van der Waals surface area contributed by atoms with Gasteiger partial charge >= 0.3 is 0 Å². The van der Waals surface area contributed by atoms with Crippen LogP contribution in [0.1, 0.15) is 54.1 Å². The van der Waals surface area contributed by atoms with E-state index in [4.69, 9.17) is 0 Å². The second-order valence-corrected chi connectivity index (χ2v) is 9.68. The summed E-state index contributed by atoms with van der Waals surface area (Å²) in [6.07, 6.45) is 1.51. The molecule has 2 rings (SSSR count). The Hall–Kier alpha value is -2.34. The van der Waals surface area contributed by atoms with Gasteiger partial charge in [-0.25, -0.2) is 8.42 Å². The van der Waals surface area contributed by atoms with Crippen molar-refractivity contribution in [1.82, 2.24) is 5.32 Å². The van der Waals surface area contributed by atoms with Gasteiger partial charge in [0.2, 0.25) is 15.9 Å². The highest BCUT2D eigenvalue weighted by atomic mass is 32.2. The van der Waals surface area contributed by atoms with Gasteiger partial charge in [0, 0.05) is 0 Å². The monoisotopic (exact) mass is 416 g/mol. The molecule has 0 aliphatic carbocycles. The summed E-state index contributed by atoms with van der Waals surface area (Å²) in [5.74, 6) is -0.304. The topological polar surface area (TPSA) is 66.5 Å². The Balaban J connectivity index is 2.34. The predicted octanol–water partition coefficient (Wildman–Crippen LogP) is 4.34. The summed E-state index contributed by atoms with van der Waals surface area (Å²) in [6, 6.07) is 10.5. The number of aryl methyl sites for hydroxylation is 4. The maximum Gasteiger partial charge on any atom is 0.244 e. The minimum absolute atomic E-state index is 0.225. The van der Waals surface area contributed by atoms with Crippen LogP contribution in [-0.4, -0.2) is 26.6 Å². The molecule has 0 aliphatic rings. The third-order valence-corrected chi connectivity index (χ3v) is 6.64. The van der Waals surface area contributed by atoms with E-state index < -0.39 is 16.1 Å². The standard InChI is InChI=1S/C23H32N2O3S/c1-8-22(23(26)24-19(6)20-11-9-15(2)17(4)13-20)25(29(7,27)28)21-12-10-16(3)18(5)14-21/h9-14,19,22H,8H2,1-7H3,(H,24,26)/t19-,22-/m0/s1. The maximum atomic E-state index is 13.1. The average molecular weight is 417 g/mol. The highest BCUT2D eigenvalue weighted by Gasteiger charge is 2.32. The number of nitrogens with zero attached hydrogens (tertiary/aromatic N) is 1. The van der Waals surface area contributed by atoms with Crippen LogP contribution in [0.2, 0.25) is 0 Å². The molecule has 0 aliphatic heterocycles. The fourth-order valence-electron chi connectivity index (χ4n) is 3.35. The number of carbonyl (C=O) groups excluding carboxylic acids is 1. The first-order chi connectivity index (χ1) is 13.5. The summed E-state index contributed by atoms with van der Waals surface area (Å²) in [5, 5.41) is 3.00. The number of amides is 1. The van der Waals surface area contributed by atoms with E-state index in [1.807, 2.05) is 65.8 Å². The van der Waals surface area contributed by atoms with E-state index in [1.54, 1.807) is 6.07 Å². The SMILES string of the molecule is CC[C@@H](C(=O)N[C@@H](C)c1ccc(C)c(C)c1)N(c1ccc(C)c(C)c1)S(C)(=O)=O. The van der Waals surface area contributed by atoms with Crippen molar-refractivity contribution in [3.8, 4) is 0 Å². The molecule has 0 heterocycles. The first-order valence-corrected chi connectivity index (χ1v) is 11.7. The lowest BCUT2D eigenvalue weighted by atomic mass is 10.0. The zero-order valence-electron chi connectivity index (χ0n) is 18.4. The van der Waals surface area contributed by atoms with Gasteiger partial charge in [0.05, 0.1) is 18.0 Å². The third kappa shape index (κ3) is 5.38. The molecule has 0 saturated heterocycles. The van der Waals surface area contributed by atoms with Crippen molar-refractivity contribution < 1.29 is 13.2 Å². The summed E-state index contributed by atoms with van der Waals surface area (Å²) in [5.41, 5.74) is 5.91. The van der Waals surface area contributed by atoms with E-state index in [1.165, 1.54) is 9.87 Å². The van der Waals surface area contributed by atoms with Gasteiger partial charge in [-0.2, -0.15) is 0 Å². The summed E-state index contributed by atoms with van der Waals surface area (Å²) in [6.45, 7) is 11.7. The van der Waals surface area contributed by atoms with Crippen LogP contribution in [0, 0.1) is 27.7 Å². The molecule has 0 saturated carbocycles. The first kappa shape index (κ1) is 22.9. The van der Waals surface area contributed by atoms with Crippen molar-refractivity contribution in [2.24, 2.45) is 0 Å². The van der Waals surface area contributed by atoms with Crippen LogP contribution in [0.25, 0.3) is 0 Å². The van der Waals surface area contributed by atoms with Crippen LogP contribution in [-0.2, 0) is 14.8 Å². The molecule has 2 aromatic carbocycles. The Labute approximate surface area is 175 Å². The number of hydrogen-bond donors (Lipinski definition) is 1. The molecule has 0 spiro atoms. The van der Waals surface area contributed by atoms with E-state index in [0.29, 0.717) is 12.1 Å². The second-order valence-electron chi connectivity index (χ2n) is 7.83. The van der Waals surface area contributed by atoms with Crippen LogP contribution in [0.15, 0.2) is 36.4 Å². The van der Waals surface area contributed by atoms with Crippen molar-refractivity contribution in [3.05, 3.63) is 64.2 Å². The highest BCUT2D eigenvalue weighted by Crippen LogP contribution is 2.26. The van der Waals surface area contributed by atoms with E-state index in [9.17, 15) is 13.2 Å². The molecule has 2 atom stereocenters. The smallest absolute Gasteiger partial charge is 0.244 e. The molecule has 1 N–H and O–H groups in total. The van der Waals surface area contributed by atoms with E-state index in [-0.39, 0.29) is 11.9 Å². The lowest BCUT2D eigenvalue weighted by molar-refractivity contribution is -0.122. The summed E-state index contributed by atoms with van der Waals surface area (Å²) >= 11 is 0. The van der Waals surface area contributed by atoms with E-state index >= 15 is 0 Å². The van der Waals surface area contributed by atoms with Gasteiger partial charge in [0.1, 0.15) is 6.04 Å². The Kier molecular flexibility index (Phi) is 7.11. The van der Waals surface area contributed by atoms with Crippen LogP contribution >= 0.6 is 0 Å². The zero-order chi connectivity index (χ0) is 21.9. The fourth-order valence-corrected chi connectivity index (χ4v) is 4.55. The minimum atomic E-state index is -3.64. The van der Waals surface area contributed by atoms with Crippen molar-refractivity contribution in [2.75, 3.05) is 10.6 Å². The number of benzene rings is 2. The Morgan fingerprint density at radius 2 is 1.52 bits per heavy atom. The van der Waals surface area contributed by atoms with Crippen LogP contribution in [0.4, 0.5) is 5.69 Å². The molecule has 158 valence electrons. The van der Waals surface area contributed by atoms with Gasteiger partial charge in [-0.15, -0.1) is 0 Å². The highest BCUT2D eigenvalue weighted by molar-refractivity contribution is 7.92. The largest absolute Gasteiger partial charge is 0.348 e. The number of anilines is 1. The number of nitrogens with one attached hydrogen (secondary N) is 1. The molecule has 0 aromatic heterocycles. The molecule has 0 radical (unpaired) electrons. The van der Waals surface area contributed by atoms with Crippen molar-refractivity contribution >= 4 is 21.6 Å². The zero-order valence-corrected chi connectivity index (χ0v) is 19.2. The summed E-state index contributed by atoms with van der Waals surface area (Å²) in [4.78, 5) is 13.1. The third-order valence-electron chi connectivity index (χ3n) is 5.46. The van der Waals surface area contributed by atoms with Gasteiger partial charge in [-0.1, -0.05) is 31.2 Å². The summed E-state index contributed by atoms with van der Waals surface area (Å²) < 4.78 is 26.5. The number of rotatable bonds is 7. The van der Waals surface area contributed by atoms with E-state index in [0.717, 1.165) is 28.5 Å². The van der Waals surface area contributed by atoms with Crippen LogP contribution in [0.3, 0.4) is 0 Å². The lowest BCUT2D eigenvalue weighted by Crippen LogP contribution is -2.49.